The van der Waals surface area contributed by atoms with Crippen LogP contribution in [0.2, 0.25) is 0 Å². The first-order valence-electron chi connectivity index (χ1n) is 4.51. The third kappa shape index (κ3) is 2.20. The van der Waals surface area contributed by atoms with Gasteiger partial charge in [-0.05, 0) is 12.1 Å². The molecular weight excluding hydrogens is 196 g/mol. The molecule has 4 heteroatoms. The summed E-state index contributed by atoms with van der Waals surface area (Å²) < 4.78 is 0. The molecular formula is C10H12N2OS. The summed E-state index contributed by atoms with van der Waals surface area (Å²) in [5, 5.41) is 15.7. The standard InChI is InChI=1S/C10H12N2OS/c13-10-4-2-1-3-9(10)7-11-12-5-6-14-8-12/h1-4,7,13H,5-6,8H2. The molecule has 1 N–H and O–H groups in total. The summed E-state index contributed by atoms with van der Waals surface area (Å²) in [7, 11) is 0. The number of phenols is 1. The van der Waals surface area contributed by atoms with E-state index in [-0.39, 0.29) is 5.75 Å². The predicted molar refractivity (Wildman–Crippen MR) is 59.7 cm³/mol. The van der Waals surface area contributed by atoms with Crippen LogP contribution in [0.5, 0.6) is 5.75 Å². The monoisotopic (exact) mass is 208 g/mol. The van der Waals surface area contributed by atoms with Gasteiger partial charge in [-0.2, -0.15) is 5.10 Å². The van der Waals surface area contributed by atoms with E-state index in [0.717, 1.165) is 23.7 Å². The molecule has 0 saturated carbocycles. The van der Waals surface area contributed by atoms with Crippen LogP contribution in [0, 0.1) is 0 Å². The van der Waals surface area contributed by atoms with E-state index in [9.17, 15) is 5.11 Å². The summed E-state index contributed by atoms with van der Waals surface area (Å²) in [5.41, 5.74) is 0.768. The van der Waals surface area contributed by atoms with E-state index in [1.165, 1.54) is 0 Å². The fourth-order valence-electron chi connectivity index (χ4n) is 1.24. The lowest BCUT2D eigenvalue weighted by Gasteiger charge is -2.07. The van der Waals surface area contributed by atoms with Crippen LogP contribution in [-0.2, 0) is 0 Å². The molecule has 0 atom stereocenters. The minimum absolute atomic E-state index is 0.281. The molecule has 0 bridgehead atoms. The van der Waals surface area contributed by atoms with E-state index in [4.69, 9.17) is 0 Å². The SMILES string of the molecule is Oc1ccccc1C=NN1CCSC1. The van der Waals surface area contributed by atoms with Crippen molar-refractivity contribution in [2.45, 2.75) is 0 Å². The van der Waals surface area contributed by atoms with E-state index in [0.29, 0.717) is 0 Å². The summed E-state index contributed by atoms with van der Waals surface area (Å²) in [6.45, 7) is 0.995. The molecule has 0 unspecified atom stereocenters. The Morgan fingerprint density at radius 1 is 1.43 bits per heavy atom. The second kappa shape index (κ2) is 4.37. The van der Waals surface area contributed by atoms with Gasteiger partial charge in [0.2, 0.25) is 0 Å². The molecule has 0 aromatic heterocycles. The molecule has 1 saturated heterocycles. The van der Waals surface area contributed by atoms with Crippen molar-refractivity contribution in [1.82, 2.24) is 5.01 Å². The molecule has 1 aromatic carbocycles. The minimum atomic E-state index is 0.281. The van der Waals surface area contributed by atoms with Crippen LogP contribution >= 0.6 is 11.8 Å². The van der Waals surface area contributed by atoms with Gasteiger partial charge in [-0.3, -0.25) is 5.01 Å². The zero-order chi connectivity index (χ0) is 9.80. The lowest BCUT2D eigenvalue weighted by molar-refractivity contribution is 0.381. The van der Waals surface area contributed by atoms with Crippen LogP contribution in [0.15, 0.2) is 29.4 Å². The number of aromatic hydroxyl groups is 1. The smallest absolute Gasteiger partial charge is 0.124 e. The van der Waals surface area contributed by atoms with E-state index in [2.05, 4.69) is 5.10 Å². The van der Waals surface area contributed by atoms with Gasteiger partial charge in [0.25, 0.3) is 0 Å². The lowest BCUT2D eigenvalue weighted by Crippen LogP contribution is -2.11. The third-order valence-corrected chi connectivity index (χ3v) is 2.98. The van der Waals surface area contributed by atoms with Crippen LogP contribution < -0.4 is 0 Å². The van der Waals surface area contributed by atoms with Crippen LogP contribution in [0.3, 0.4) is 0 Å². The Hall–Kier alpha value is -1.16. The van der Waals surface area contributed by atoms with Crippen molar-refractivity contribution in [3.63, 3.8) is 0 Å². The number of rotatable bonds is 2. The summed E-state index contributed by atoms with van der Waals surface area (Å²) in [6.07, 6.45) is 1.71. The molecule has 14 heavy (non-hydrogen) atoms. The molecule has 0 aliphatic carbocycles. The van der Waals surface area contributed by atoms with Gasteiger partial charge in [-0.15, -0.1) is 11.8 Å². The van der Waals surface area contributed by atoms with Crippen LogP contribution in [0.25, 0.3) is 0 Å². The van der Waals surface area contributed by atoms with Crippen molar-refractivity contribution in [2.24, 2.45) is 5.10 Å². The number of hydrogen-bond acceptors (Lipinski definition) is 4. The average molecular weight is 208 g/mol. The second-order valence-corrected chi connectivity index (χ2v) is 4.15. The largest absolute Gasteiger partial charge is 0.507 e. The molecule has 1 heterocycles. The Morgan fingerprint density at radius 3 is 3.00 bits per heavy atom. The molecule has 1 aromatic rings. The van der Waals surface area contributed by atoms with Gasteiger partial charge in [0, 0.05) is 17.9 Å². The highest BCUT2D eigenvalue weighted by atomic mass is 32.2. The van der Waals surface area contributed by atoms with Crippen molar-refractivity contribution in [3.8, 4) is 5.75 Å². The van der Waals surface area contributed by atoms with E-state index >= 15 is 0 Å². The highest BCUT2D eigenvalue weighted by Crippen LogP contribution is 2.15. The first-order valence-corrected chi connectivity index (χ1v) is 5.66. The van der Waals surface area contributed by atoms with Crippen LogP contribution in [-0.4, -0.2) is 34.5 Å². The van der Waals surface area contributed by atoms with Gasteiger partial charge in [0.15, 0.2) is 0 Å². The predicted octanol–water partition coefficient (Wildman–Crippen LogP) is 1.73. The summed E-state index contributed by atoms with van der Waals surface area (Å²) in [4.78, 5) is 0. The Morgan fingerprint density at radius 2 is 2.29 bits per heavy atom. The fraction of sp³-hybridized carbons (Fsp3) is 0.300. The van der Waals surface area contributed by atoms with Crippen LogP contribution in [0.1, 0.15) is 5.56 Å². The number of hydrogen-bond donors (Lipinski definition) is 1. The van der Waals surface area contributed by atoms with E-state index < -0.39 is 0 Å². The quantitative estimate of drug-likeness (QED) is 0.752. The molecule has 3 nitrogen and oxygen atoms in total. The lowest BCUT2D eigenvalue weighted by atomic mass is 10.2. The number of benzene rings is 1. The molecule has 0 spiro atoms. The molecule has 0 radical (unpaired) electrons. The Kier molecular flexibility index (Phi) is 2.93. The van der Waals surface area contributed by atoms with E-state index in [1.807, 2.05) is 28.9 Å². The molecule has 1 aliphatic rings. The normalized spacial score (nSPS) is 16.7. The van der Waals surface area contributed by atoms with E-state index in [1.54, 1.807) is 18.3 Å². The fourth-order valence-corrected chi connectivity index (χ4v) is 2.11. The van der Waals surface area contributed by atoms with Crippen molar-refractivity contribution in [3.05, 3.63) is 29.8 Å². The van der Waals surface area contributed by atoms with Crippen LogP contribution in [0.4, 0.5) is 0 Å². The summed E-state index contributed by atoms with van der Waals surface area (Å²) in [6, 6.07) is 7.21. The molecule has 74 valence electrons. The average Bonchev–Trinajstić information content (AvgIpc) is 2.69. The number of hydrazone groups is 1. The topological polar surface area (TPSA) is 35.8 Å². The van der Waals surface area contributed by atoms with Crippen molar-refractivity contribution in [2.75, 3.05) is 18.2 Å². The third-order valence-electron chi connectivity index (χ3n) is 2.03. The number of nitrogens with zero attached hydrogens (tertiary/aromatic N) is 2. The maximum absolute atomic E-state index is 9.47. The zero-order valence-electron chi connectivity index (χ0n) is 7.76. The van der Waals surface area contributed by atoms with Crippen molar-refractivity contribution >= 4 is 18.0 Å². The highest BCUT2D eigenvalue weighted by Gasteiger charge is 2.07. The van der Waals surface area contributed by atoms with Crippen molar-refractivity contribution in [1.29, 1.82) is 0 Å². The Bertz CT molecular complexity index is 335. The molecule has 1 aliphatic heterocycles. The Balaban J connectivity index is 2.06. The second-order valence-electron chi connectivity index (χ2n) is 3.07. The van der Waals surface area contributed by atoms with Crippen molar-refractivity contribution < 1.29 is 5.11 Å². The number of para-hydroxylation sites is 1. The van der Waals surface area contributed by atoms with Gasteiger partial charge in [-0.25, -0.2) is 0 Å². The molecule has 0 amide bonds. The Labute approximate surface area is 87.4 Å². The first kappa shape index (κ1) is 9.40. The van der Waals surface area contributed by atoms with Gasteiger partial charge >= 0.3 is 0 Å². The van der Waals surface area contributed by atoms with Gasteiger partial charge in [0.05, 0.1) is 12.1 Å². The van der Waals surface area contributed by atoms with Gasteiger partial charge in [0.1, 0.15) is 5.75 Å². The number of phenolic OH excluding ortho intramolecular Hbond substituents is 1. The molecule has 1 fully saturated rings. The first-order chi connectivity index (χ1) is 6.86. The highest BCUT2D eigenvalue weighted by molar-refractivity contribution is 7.99. The summed E-state index contributed by atoms with van der Waals surface area (Å²) >= 11 is 1.87. The number of thioether (sulfide) groups is 1. The van der Waals surface area contributed by atoms with Gasteiger partial charge in [-0.1, -0.05) is 12.1 Å². The minimum Gasteiger partial charge on any atom is -0.507 e. The maximum atomic E-state index is 9.47. The maximum Gasteiger partial charge on any atom is 0.124 e. The van der Waals surface area contributed by atoms with Gasteiger partial charge < -0.3 is 5.11 Å². The molecule has 2 rings (SSSR count). The summed E-state index contributed by atoms with van der Waals surface area (Å²) in [5.74, 6) is 2.37. The zero-order valence-corrected chi connectivity index (χ0v) is 8.57.